The predicted molar refractivity (Wildman–Crippen MR) is 126 cm³/mol. The van der Waals surface area contributed by atoms with Crippen LogP contribution in [0.3, 0.4) is 0 Å². The van der Waals surface area contributed by atoms with Gasteiger partial charge < -0.3 is 24.8 Å². The number of hydrogen-bond acceptors (Lipinski definition) is 5. The fourth-order valence-corrected chi connectivity index (χ4v) is 3.17. The van der Waals surface area contributed by atoms with E-state index in [1.807, 2.05) is 18.2 Å². The molecule has 0 saturated heterocycles. The van der Waals surface area contributed by atoms with Crippen molar-refractivity contribution < 1.29 is 14.2 Å². The van der Waals surface area contributed by atoms with Gasteiger partial charge in [0.2, 0.25) is 5.75 Å². The molecule has 0 radical (unpaired) electrons. The summed E-state index contributed by atoms with van der Waals surface area (Å²) in [5.74, 6) is 2.61. The highest BCUT2D eigenvalue weighted by Crippen LogP contribution is 2.38. The Bertz CT molecular complexity index is 802. The first-order valence-electron chi connectivity index (χ1n) is 10.6. The molecule has 2 rings (SSSR count). The minimum absolute atomic E-state index is 0.338. The maximum atomic E-state index is 5.44. The van der Waals surface area contributed by atoms with Crippen molar-refractivity contribution in [2.75, 3.05) is 41.5 Å². The van der Waals surface area contributed by atoms with Crippen LogP contribution >= 0.6 is 0 Å². The smallest absolute Gasteiger partial charge is 0.203 e. The number of likely N-dealkylation sites (N-methyl/N-ethyl adjacent to an activating group) is 1. The van der Waals surface area contributed by atoms with Crippen LogP contribution in [0.4, 0.5) is 0 Å². The van der Waals surface area contributed by atoms with Crippen molar-refractivity contribution in [3.05, 3.63) is 53.6 Å². The second-order valence-corrected chi connectivity index (χ2v) is 7.36. The molecular formula is C24H36N4O3. The second-order valence-electron chi connectivity index (χ2n) is 7.36. The Morgan fingerprint density at radius 2 is 1.61 bits per heavy atom. The van der Waals surface area contributed by atoms with Gasteiger partial charge >= 0.3 is 0 Å². The highest BCUT2D eigenvalue weighted by Gasteiger charge is 2.14. The molecule has 0 aliphatic carbocycles. The molecule has 2 aromatic rings. The molecule has 1 unspecified atom stereocenters. The monoisotopic (exact) mass is 428 g/mol. The van der Waals surface area contributed by atoms with E-state index >= 15 is 0 Å². The van der Waals surface area contributed by atoms with E-state index in [9.17, 15) is 0 Å². The summed E-state index contributed by atoms with van der Waals surface area (Å²) < 4.78 is 16.3. The van der Waals surface area contributed by atoms with Gasteiger partial charge in [-0.15, -0.1) is 0 Å². The van der Waals surface area contributed by atoms with Crippen molar-refractivity contribution >= 4 is 5.96 Å². The molecule has 0 fully saturated rings. The second kappa shape index (κ2) is 12.7. The van der Waals surface area contributed by atoms with E-state index in [0.29, 0.717) is 29.8 Å². The summed E-state index contributed by atoms with van der Waals surface area (Å²) >= 11 is 0. The molecule has 0 aromatic heterocycles. The minimum atomic E-state index is 0.338. The van der Waals surface area contributed by atoms with Gasteiger partial charge in [0.1, 0.15) is 0 Å². The van der Waals surface area contributed by atoms with Crippen LogP contribution in [0.15, 0.2) is 47.5 Å². The van der Waals surface area contributed by atoms with Gasteiger partial charge in [-0.2, -0.15) is 0 Å². The molecule has 0 bridgehead atoms. The molecule has 0 spiro atoms. The van der Waals surface area contributed by atoms with Gasteiger partial charge in [0.15, 0.2) is 17.5 Å². The Labute approximate surface area is 186 Å². The summed E-state index contributed by atoms with van der Waals surface area (Å²) in [7, 11) is 6.97. The van der Waals surface area contributed by atoms with Crippen LogP contribution in [0.2, 0.25) is 0 Å². The standard InChI is InChI=1S/C24H36N4O3/c1-7-25-24(26-15-18(2)28(3)17-19-11-9-8-10-12-19)27-16-20-13-21(29-4)23(31-6)22(14-20)30-5/h8-14,18H,7,15-17H2,1-6H3,(H2,25,26,27). The van der Waals surface area contributed by atoms with Crippen LogP contribution in [0.1, 0.15) is 25.0 Å². The van der Waals surface area contributed by atoms with E-state index in [2.05, 4.69) is 60.7 Å². The maximum absolute atomic E-state index is 5.44. The predicted octanol–water partition coefficient (Wildman–Crippen LogP) is 3.29. The number of methoxy groups -OCH3 is 3. The average Bonchev–Trinajstić information content (AvgIpc) is 2.80. The number of benzene rings is 2. The summed E-state index contributed by atoms with van der Waals surface area (Å²) in [5, 5.41) is 6.76. The SMILES string of the molecule is CCNC(=NCc1cc(OC)c(OC)c(OC)c1)NCC(C)N(C)Cc1ccccc1. The molecule has 170 valence electrons. The number of ether oxygens (including phenoxy) is 3. The number of nitrogens with one attached hydrogen (secondary N) is 2. The van der Waals surface area contributed by atoms with Crippen molar-refractivity contribution in [2.24, 2.45) is 4.99 Å². The Kier molecular flexibility index (Phi) is 9.97. The quantitative estimate of drug-likeness (QED) is 0.423. The van der Waals surface area contributed by atoms with E-state index in [1.54, 1.807) is 21.3 Å². The maximum Gasteiger partial charge on any atom is 0.203 e. The lowest BCUT2D eigenvalue weighted by Crippen LogP contribution is -2.44. The molecule has 0 amide bonds. The first kappa shape index (κ1) is 24.3. The largest absolute Gasteiger partial charge is 0.493 e. The number of rotatable bonds is 11. The first-order chi connectivity index (χ1) is 15.0. The Balaban J connectivity index is 2.01. The lowest BCUT2D eigenvalue weighted by molar-refractivity contribution is 0.249. The molecule has 2 N–H and O–H groups in total. The fourth-order valence-electron chi connectivity index (χ4n) is 3.17. The van der Waals surface area contributed by atoms with E-state index in [4.69, 9.17) is 19.2 Å². The molecule has 0 aliphatic heterocycles. The van der Waals surface area contributed by atoms with Gasteiger partial charge in [0.25, 0.3) is 0 Å². The lowest BCUT2D eigenvalue weighted by Gasteiger charge is -2.26. The third-order valence-corrected chi connectivity index (χ3v) is 5.08. The zero-order valence-corrected chi connectivity index (χ0v) is 19.6. The topological polar surface area (TPSA) is 67.4 Å². The number of hydrogen-bond donors (Lipinski definition) is 2. The Morgan fingerprint density at radius 1 is 0.968 bits per heavy atom. The van der Waals surface area contributed by atoms with Gasteiger partial charge in [0.05, 0.1) is 27.9 Å². The van der Waals surface area contributed by atoms with Crippen LogP contribution in [0.5, 0.6) is 17.2 Å². The minimum Gasteiger partial charge on any atom is -0.493 e. The summed E-state index contributed by atoms with van der Waals surface area (Å²) in [5.41, 5.74) is 2.28. The zero-order valence-electron chi connectivity index (χ0n) is 19.6. The highest BCUT2D eigenvalue weighted by atomic mass is 16.5. The molecule has 0 heterocycles. The van der Waals surface area contributed by atoms with Gasteiger partial charge in [-0.05, 0) is 44.2 Å². The lowest BCUT2D eigenvalue weighted by atomic mass is 10.2. The zero-order chi connectivity index (χ0) is 22.6. The van der Waals surface area contributed by atoms with E-state index in [0.717, 1.165) is 31.2 Å². The molecule has 0 aliphatic rings. The van der Waals surface area contributed by atoms with E-state index in [-0.39, 0.29) is 0 Å². The van der Waals surface area contributed by atoms with Crippen molar-refractivity contribution in [3.8, 4) is 17.2 Å². The molecule has 2 aromatic carbocycles. The van der Waals surface area contributed by atoms with Crippen LogP contribution in [-0.4, -0.2) is 58.4 Å². The van der Waals surface area contributed by atoms with Gasteiger partial charge in [0, 0.05) is 25.7 Å². The highest BCUT2D eigenvalue weighted by molar-refractivity contribution is 5.79. The number of aliphatic imine (C=N–C) groups is 1. The molecule has 0 saturated carbocycles. The van der Waals surface area contributed by atoms with Crippen molar-refractivity contribution in [2.45, 2.75) is 33.0 Å². The van der Waals surface area contributed by atoms with Gasteiger partial charge in [-0.25, -0.2) is 4.99 Å². The third kappa shape index (κ3) is 7.36. The van der Waals surface area contributed by atoms with Gasteiger partial charge in [-0.3, -0.25) is 4.90 Å². The number of nitrogens with zero attached hydrogens (tertiary/aromatic N) is 2. The van der Waals surface area contributed by atoms with Crippen LogP contribution < -0.4 is 24.8 Å². The summed E-state index contributed by atoms with van der Waals surface area (Å²) in [6.07, 6.45) is 0. The average molecular weight is 429 g/mol. The van der Waals surface area contributed by atoms with E-state index < -0.39 is 0 Å². The van der Waals surface area contributed by atoms with Crippen molar-refractivity contribution in [3.63, 3.8) is 0 Å². The molecule has 31 heavy (non-hydrogen) atoms. The van der Waals surface area contributed by atoms with Crippen LogP contribution in [0.25, 0.3) is 0 Å². The number of guanidine groups is 1. The first-order valence-corrected chi connectivity index (χ1v) is 10.6. The van der Waals surface area contributed by atoms with Crippen molar-refractivity contribution in [1.82, 2.24) is 15.5 Å². The molecule has 7 nitrogen and oxygen atoms in total. The summed E-state index contributed by atoms with van der Waals surface area (Å²) in [6.45, 7) is 7.23. The Morgan fingerprint density at radius 3 is 2.16 bits per heavy atom. The fraction of sp³-hybridized carbons (Fsp3) is 0.458. The van der Waals surface area contributed by atoms with Gasteiger partial charge in [-0.1, -0.05) is 30.3 Å². The van der Waals surface area contributed by atoms with Crippen LogP contribution in [0, 0.1) is 0 Å². The molecule has 1 atom stereocenters. The summed E-state index contributed by atoms with van der Waals surface area (Å²) in [4.78, 5) is 7.05. The van der Waals surface area contributed by atoms with Crippen LogP contribution in [-0.2, 0) is 13.1 Å². The Hall–Kier alpha value is -2.93. The molecular weight excluding hydrogens is 392 g/mol. The van der Waals surface area contributed by atoms with E-state index in [1.165, 1.54) is 5.56 Å². The third-order valence-electron chi connectivity index (χ3n) is 5.08. The molecule has 7 heteroatoms. The van der Waals surface area contributed by atoms with Crippen molar-refractivity contribution in [1.29, 1.82) is 0 Å². The summed E-state index contributed by atoms with van der Waals surface area (Å²) in [6, 6.07) is 14.7. The normalized spacial score (nSPS) is 12.4.